The van der Waals surface area contributed by atoms with E-state index in [0.717, 1.165) is 24.1 Å². The molecule has 1 amide bonds. The van der Waals surface area contributed by atoms with Crippen molar-refractivity contribution in [2.75, 3.05) is 6.61 Å². The van der Waals surface area contributed by atoms with Crippen LogP contribution in [0.1, 0.15) is 38.2 Å². The summed E-state index contributed by atoms with van der Waals surface area (Å²) in [7, 11) is 0. The number of carbonyl (C=O) groups is 3. The van der Waals surface area contributed by atoms with Crippen molar-refractivity contribution in [1.82, 2.24) is 10.6 Å². The molecule has 1 aromatic rings. The Bertz CT molecular complexity index is 871. The number of amides is 1. The van der Waals surface area contributed by atoms with Crippen molar-refractivity contribution in [3.63, 3.8) is 0 Å². The summed E-state index contributed by atoms with van der Waals surface area (Å²) in [4.78, 5) is 36.3. The number of hydrogen-bond acceptors (Lipinski definition) is 7. The van der Waals surface area contributed by atoms with Crippen LogP contribution in [-0.2, 0) is 25.5 Å². The summed E-state index contributed by atoms with van der Waals surface area (Å²) in [5.41, 5.74) is 7.84. The molecule has 4 atom stereocenters. The normalized spacial score (nSPS) is 21.2. The molecule has 1 aromatic carbocycles. The zero-order valence-electron chi connectivity index (χ0n) is 18.3. The van der Waals surface area contributed by atoms with E-state index in [9.17, 15) is 14.4 Å². The maximum atomic E-state index is 12.7. The summed E-state index contributed by atoms with van der Waals surface area (Å²) >= 11 is 1.27. The lowest BCUT2D eigenvalue weighted by atomic mass is 10.00. The number of benzene rings is 1. The Morgan fingerprint density at radius 1 is 1.25 bits per heavy atom. The van der Waals surface area contributed by atoms with Gasteiger partial charge in [0.1, 0.15) is 6.04 Å². The minimum absolute atomic E-state index is 0.0609. The van der Waals surface area contributed by atoms with Gasteiger partial charge in [-0.2, -0.15) is 0 Å². The molecule has 0 heterocycles. The van der Waals surface area contributed by atoms with Crippen molar-refractivity contribution in [3.8, 4) is 0 Å². The number of esters is 1. The van der Waals surface area contributed by atoms with Crippen molar-refractivity contribution in [2.45, 2.75) is 62.4 Å². The summed E-state index contributed by atoms with van der Waals surface area (Å²) in [6.07, 6.45) is 9.18. The minimum Gasteiger partial charge on any atom is -0.464 e. The van der Waals surface area contributed by atoms with Gasteiger partial charge in [0, 0.05) is 30.3 Å². The third-order valence-electron chi connectivity index (χ3n) is 5.44. The third kappa shape index (κ3) is 7.62. The van der Waals surface area contributed by atoms with Crippen LogP contribution in [0.2, 0.25) is 0 Å². The highest BCUT2D eigenvalue weighted by molar-refractivity contribution is 8.14. The smallest absolute Gasteiger partial charge is 0.323 e. The molecule has 2 aliphatic rings. The van der Waals surface area contributed by atoms with E-state index in [0.29, 0.717) is 12.8 Å². The maximum Gasteiger partial charge on any atom is 0.323 e. The molecular formula is C24H31N3O4S. The van der Waals surface area contributed by atoms with E-state index in [1.165, 1.54) is 18.7 Å². The van der Waals surface area contributed by atoms with Crippen LogP contribution < -0.4 is 16.4 Å². The van der Waals surface area contributed by atoms with Crippen LogP contribution in [0, 0.1) is 0 Å². The Kier molecular flexibility index (Phi) is 9.08. The summed E-state index contributed by atoms with van der Waals surface area (Å²) < 4.78 is 5.46. The fourth-order valence-electron chi connectivity index (χ4n) is 3.58. The number of rotatable bonds is 11. The minimum atomic E-state index is -0.779. The average molecular weight is 458 g/mol. The highest BCUT2D eigenvalue weighted by Gasteiger charge is 2.25. The van der Waals surface area contributed by atoms with Crippen LogP contribution in [0.4, 0.5) is 0 Å². The molecule has 3 rings (SSSR count). The van der Waals surface area contributed by atoms with E-state index in [4.69, 9.17) is 10.5 Å². The van der Waals surface area contributed by atoms with Crippen molar-refractivity contribution in [1.29, 1.82) is 0 Å². The van der Waals surface area contributed by atoms with Gasteiger partial charge in [-0.25, -0.2) is 0 Å². The monoisotopic (exact) mass is 457 g/mol. The first-order valence-electron chi connectivity index (χ1n) is 11.0. The lowest BCUT2D eigenvalue weighted by molar-refractivity contribution is -0.147. The van der Waals surface area contributed by atoms with Crippen molar-refractivity contribution in [3.05, 3.63) is 59.8 Å². The van der Waals surface area contributed by atoms with Gasteiger partial charge in [-0.05, 0) is 31.2 Å². The molecule has 0 aliphatic heterocycles. The fraction of sp³-hybridized carbons (Fsp3) is 0.458. The summed E-state index contributed by atoms with van der Waals surface area (Å²) in [6, 6.07) is 8.73. The van der Waals surface area contributed by atoms with E-state index in [2.05, 4.69) is 16.7 Å². The highest BCUT2D eigenvalue weighted by atomic mass is 32.2. The first kappa shape index (κ1) is 24.2. The molecular weight excluding hydrogens is 426 g/mol. The van der Waals surface area contributed by atoms with E-state index >= 15 is 0 Å². The Morgan fingerprint density at radius 2 is 2.00 bits per heavy atom. The number of thioether (sulfide) groups is 1. The van der Waals surface area contributed by atoms with Crippen LogP contribution in [0.15, 0.2) is 54.3 Å². The molecule has 4 N–H and O–H groups in total. The first-order chi connectivity index (χ1) is 15.4. The lowest BCUT2D eigenvalue weighted by Crippen LogP contribution is -2.47. The lowest BCUT2D eigenvalue weighted by Gasteiger charge is -2.26. The number of nitrogens with one attached hydrogen (secondary N) is 2. The Morgan fingerprint density at radius 3 is 2.66 bits per heavy atom. The highest BCUT2D eigenvalue weighted by Crippen LogP contribution is 2.27. The fourth-order valence-corrected chi connectivity index (χ4v) is 4.48. The average Bonchev–Trinajstić information content (AvgIpc) is 3.16. The summed E-state index contributed by atoms with van der Waals surface area (Å²) in [5, 5.41) is 6.31. The SMILES string of the molecule is CC(=O)SC1C=C(NC(=O)[C@@H](N)CCOC(=O)[C@H](Cc2ccccc2)NC2C=CC2)CC1. The summed E-state index contributed by atoms with van der Waals surface area (Å²) in [6.45, 7) is 1.61. The van der Waals surface area contributed by atoms with Gasteiger partial charge < -0.3 is 15.8 Å². The van der Waals surface area contributed by atoms with E-state index in [-0.39, 0.29) is 41.3 Å². The molecule has 32 heavy (non-hydrogen) atoms. The number of nitrogens with two attached hydrogens (primary N) is 1. The zero-order chi connectivity index (χ0) is 22.9. The molecule has 0 aromatic heterocycles. The first-order valence-corrected chi connectivity index (χ1v) is 11.9. The molecule has 0 saturated heterocycles. The molecule has 172 valence electrons. The molecule has 2 unspecified atom stereocenters. The van der Waals surface area contributed by atoms with Gasteiger partial charge in [0.05, 0.1) is 12.6 Å². The number of carbonyl (C=O) groups excluding carboxylic acids is 3. The largest absolute Gasteiger partial charge is 0.464 e. The van der Waals surface area contributed by atoms with Gasteiger partial charge in [0.15, 0.2) is 5.12 Å². The quantitative estimate of drug-likeness (QED) is 0.345. The van der Waals surface area contributed by atoms with Crippen LogP contribution in [0.25, 0.3) is 0 Å². The van der Waals surface area contributed by atoms with E-state index in [1.54, 1.807) is 0 Å². The molecule has 0 spiro atoms. The molecule has 8 heteroatoms. The van der Waals surface area contributed by atoms with Crippen LogP contribution in [0.3, 0.4) is 0 Å². The van der Waals surface area contributed by atoms with Crippen molar-refractivity contribution in [2.24, 2.45) is 5.73 Å². The Hall–Kier alpha value is -2.42. The predicted molar refractivity (Wildman–Crippen MR) is 126 cm³/mol. The molecule has 0 fully saturated rings. The predicted octanol–water partition coefficient (Wildman–Crippen LogP) is 2.22. The van der Waals surface area contributed by atoms with Crippen LogP contribution >= 0.6 is 11.8 Å². The van der Waals surface area contributed by atoms with Crippen molar-refractivity contribution < 1.29 is 19.1 Å². The molecule has 0 saturated carbocycles. The topological polar surface area (TPSA) is 111 Å². The van der Waals surface area contributed by atoms with Gasteiger partial charge in [-0.15, -0.1) is 0 Å². The second-order valence-corrected chi connectivity index (χ2v) is 9.53. The molecule has 2 aliphatic carbocycles. The van der Waals surface area contributed by atoms with Gasteiger partial charge in [0.25, 0.3) is 0 Å². The van der Waals surface area contributed by atoms with Crippen LogP contribution in [0.5, 0.6) is 0 Å². The van der Waals surface area contributed by atoms with Gasteiger partial charge >= 0.3 is 5.97 Å². The number of ether oxygens (including phenoxy) is 1. The zero-order valence-corrected chi connectivity index (χ0v) is 19.1. The van der Waals surface area contributed by atoms with Crippen LogP contribution in [-0.4, -0.2) is 47.0 Å². The van der Waals surface area contributed by atoms with Crippen molar-refractivity contribution >= 4 is 28.8 Å². The second kappa shape index (κ2) is 12.0. The molecule has 0 bridgehead atoms. The van der Waals surface area contributed by atoms with Gasteiger partial charge in [0.2, 0.25) is 5.91 Å². The Labute approximate surface area is 193 Å². The molecule has 7 nitrogen and oxygen atoms in total. The maximum absolute atomic E-state index is 12.7. The third-order valence-corrected chi connectivity index (χ3v) is 6.44. The number of allylic oxidation sites excluding steroid dienone is 1. The second-order valence-electron chi connectivity index (χ2n) is 8.11. The van der Waals surface area contributed by atoms with Gasteiger partial charge in [-0.1, -0.05) is 60.3 Å². The molecule has 0 radical (unpaired) electrons. The Balaban J connectivity index is 1.43. The summed E-state index contributed by atoms with van der Waals surface area (Å²) in [5.74, 6) is -0.649. The van der Waals surface area contributed by atoms with E-state index < -0.39 is 12.1 Å². The number of hydrogen-bond donors (Lipinski definition) is 3. The van der Waals surface area contributed by atoms with E-state index in [1.807, 2.05) is 42.5 Å². The standard InChI is InChI=1S/C24H31N3O4S/c1-16(28)32-20-11-10-19(15-20)27-23(29)21(25)12-13-31-24(30)22(26-18-8-5-9-18)14-17-6-3-2-4-7-17/h2-8,15,18,20-22,26H,9-14,25H2,1H3,(H,27,29)/t18?,20?,21-,22-/m0/s1. The van der Waals surface area contributed by atoms with Gasteiger partial charge in [-0.3, -0.25) is 19.7 Å².